The molecule has 0 aliphatic heterocycles. The average Bonchev–Trinajstić information content (AvgIpc) is 1.99. The standard InChI is InChI=1S/C7H12Cl2N2O3/c1-4(12)11-7(9,6(13)14)3-2-5(8)10/h5H,2-3,10H2,1H3,(H,11,12)(H,13,14)/t5?,7-/m0/s1. The number of nitrogens with two attached hydrogens (primary N) is 1. The van der Waals surface area contributed by atoms with E-state index in [1.54, 1.807) is 0 Å². The molecule has 1 amide bonds. The Hall–Kier alpha value is -0.520. The Balaban J connectivity index is 4.39. The lowest BCUT2D eigenvalue weighted by molar-refractivity contribution is -0.143. The molecular weight excluding hydrogens is 231 g/mol. The number of carboxylic acids is 1. The highest BCUT2D eigenvalue weighted by Gasteiger charge is 2.36. The zero-order chi connectivity index (χ0) is 11.4. The predicted molar refractivity (Wildman–Crippen MR) is 53.1 cm³/mol. The molecule has 0 aromatic carbocycles. The molecular formula is C7H12Cl2N2O3. The highest BCUT2D eigenvalue weighted by molar-refractivity contribution is 6.34. The van der Waals surface area contributed by atoms with E-state index < -0.39 is 22.4 Å². The first kappa shape index (κ1) is 13.5. The number of carbonyl (C=O) groups is 2. The number of nitrogens with one attached hydrogen (secondary N) is 1. The second kappa shape index (κ2) is 5.38. The summed E-state index contributed by atoms with van der Waals surface area (Å²) in [6.45, 7) is 1.18. The summed E-state index contributed by atoms with van der Waals surface area (Å²) < 4.78 is 0. The molecule has 7 heteroatoms. The van der Waals surface area contributed by atoms with Gasteiger partial charge in [0.25, 0.3) is 0 Å². The van der Waals surface area contributed by atoms with Gasteiger partial charge in [-0.3, -0.25) is 4.79 Å². The van der Waals surface area contributed by atoms with Crippen molar-refractivity contribution in [3.05, 3.63) is 0 Å². The molecule has 0 saturated carbocycles. The lowest BCUT2D eigenvalue weighted by Crippen LogP contribution is -2.49. The fourth-order valence-electron chi connectivity index (χ4n) is 0.839. The van der Waals surface area contributed by atoms with Gasteiger partial charge in [0.15, 0.2) is 0 Å². The predicted octanol–water partition coefficient (Wildman–Crippen LogP) is 0.446. The van der Waals surface area contributed by atoms with Crippen molar-refractivity contribution in [2.45, 2.75) is 30.3 Å². The maximum atomic E-state index is 10.7. The van der Waals surface area contributed by atoms with Crippen LogP contribution < -0.4 is 11.1 Å². The van der Waals surface area contributed by atoms with Gasteiger partial charge in [0.1, 0.15) is 0 Å². The highest BCUT2D eigenvalue weighted by atomic mass is 35.5. The SMILES string of the molecule is CC(=O)N[C@@](Cl)(CCC(N)Cl)C(=O)O. The monoisotopic (exact) mass is 242 g/mol. The topological polar surface area (TPSA) is 92.4 Å². The largest absolute Gasteiger partial charge is 0.479 e. The van der Waals surface area contributed by atoms with Crippen LogP contribution >= 0.6 is 23.2 Å². The van der Waals surface area contributed by atoms with Crippen LogP contribution in [0.1, 0.15) is 19.8 Å². The van der Waals surface area contributed by atoms with Crippen molar-refractivity contribution >= 4 is 35.1 Å². The minimum Gasteiger partial charge on any atom is -0.479 e. The van der Waals surface area contributed by atoms with Gasteiger partial charge in [0, 0.05) is 6.92 Å². The van der Waals surface area contributed by atoms with Crippen LogP contribution in [0.25, 0.3) is 0 Å². The Morgan fingerprint density at radius 3 is 2.43 bits per heavy atom. The van der Waals surface area contributed by atoms with E-state index in [0.29, 0.717) is 0 Å². The maximum Gasteiger partial charge on any atom is 0.345 e. The van der Waals surface area contributed by atoms with E-state index in [2.05, 4.69) is 5.32 Å². The van der Waals surface area contributed by atoms with Gasteiger partial charge in [-0.15, -0.1) is 11.6 Å². The molecule has 0 aliphatic rings. The molecule has 82 valence electrons. The van der Waals surface area contributed by atoms with Crippen LogP contribution in [0.3, 0.4) is 0 Å². The van der Waals surface area contributed by atoms with E-state index in [9.17, 15) is 9.59 Å². The molecule has 0 aliphatic carbocycles. The van der Waals surface area contributed by atoms with Crippen LogP contribution in [0.4, 0.5) is 0 Å². The van der Waals surface area contributed by atoms with Gasteiger partial charge in [-0.1, -0.05) is 11.6 Å². The smallest absolute Gasteiger partial charge is 0.345 e. The fraction of sp³-hybridized carbons (Fsp3) is 0.714. The Morgan fingerprint density at radius 2 is 2.14 bits per heavy atom. The van der Waals surface area contributed by atoms with Crippen LogP contribution in [0.15, 0.2) is 0 Å². The number of alkyl halides is 2. The van der Waals surface area contributed by atoms with Gasteiger partial charge < -0.3 is 16.2 Å². The zero-order valence-electron chi connectivity index (χ0n) is 7.59. The zero-order valence-corrected chi connectivity index (χ0v) is 9.10. The van der Waals surface area contributed by atoms with Crippen molar-refractivity contribution in [1.29, 1.82) is 0 Å². The first-order valence-corrected chi connectivity index (χ1v) is 4.70. The molecule has 0 saturated heterocycles. The van der Waals surface area contributed by atoms with Crippen molar-refractivity contribution in [1.82, 2.24) is 5.32 Å². The van der Waals surface area contributed by atoms with Gasteiger partial charge in [-0.05, 0) is 12.8 Å². The Morgan fingerprint density at radius 1 is 1.64 bits per heavy atom. The Kier molecular flexibility index (Phi) is 5.18. The summed E-state index contributed by atoms with van der Waals surface area (Å²) in [4.78, 5) is 19.6. The van der Waals surface area contributed by atoms with Crippen LogP contribution in [0.5, 0.6) is 0 Å². The van der Waals surface area contributed by atoms with Gasteiger partial charge in [-0.2, -0.15) is 0 Å². The summed E-state index contributed by atoms with van der Waals surface area (Å²) >= 11 is 11.1. The molecule has 0 bridgehead atoms. The second-order valence-electron chi connectivity index (χ2n) is 2.84. The summed E-state index contributed by atoms with van der Waals surface area (Å²) in [7, 11) is 0. The summed E-state index contributed by atoms with van der Waals surface area (Å²) in [5.41, 5.74) is 4.55. The van der Waals surface area contributed by atoms with E-state index in [1.165, 1.54) is 6.92 Å². The second-order valence-corrected chi connectivity index (χ2v) is 4.05. The number of aliphatic carboxylic acids is 1. The van der Waals surface area contributed by atoms with E-state index >= 15 is 0 Å². The third-order valence-corrected chi connectivity index (χ3v) is 2.14. The molecule has 0 aromatic heterocycles. The first-order valence-electron chi connectivity index (χ1n) is 3.88. The van der Waals surface area contributed by atoms with Crippen LogP contribution in [0, 0.1) is 0 Å². The molecule has 1 unspecified atom stereocenters. The summed E-state index contributed by atoms with van der Waals surface area (Å²) in [5.74, 6) is -1.85. The van der Waals surface area contributed by atoms with Gasteiger partial charge in [-0.25, -0.2) is 4.79 Å². The highest BCUT2D eigenvalue weighted by Crippen LogP contribution is 2.20. The minimum absolute atomic E-state index is 0.0336. The summed E-state index contributed by atoms with van der Waals surface area (Å²) in [6.07, 6.45) is 0.159. The number of hydrogen-bond acceptors (Lipinski definition) is 3. The summed E-state index contributed by atoms with van der Waals surface area (Å²) in [6, 6.07) is 0. The van der Waals surface area contributed by atoms with Crippen LogP contribution in [-0.2, 0) is 9.59 Å². The molecule has 0 spiro atoms. The van der Waals surface area contributed by atoms with Crippen molar-refractivity contribution in [3.63, 3.8) is 0 Å². The maximum absolute atomic E-state index is 10.7. The number of rotatable bonds is 5. The molecule has 2 atom stereocenters. The molecule has 0 rings (SSSR count). The van der Waals surface area contributed by atoms with Gasteiger partial charge >= 0.3 is 5.97 Å². The molecule has 0 heterocycles. The number of carbonyl (C=O) groups excluding carboxylic acids is 1. The van der Waals surface area contributed by atoms with E-state index in [1.807, 2.05) is 0 Å². The van der Waals surface area contributed by atoms with Crippen LogP contribution in [-0.4, -0.2) is 27.5 Å². The number of halogens is 2. The van der Waals surface area contributed by atoms with E-state index in [0.717, 1.165) is 0 Å². The number of carboxylic acid groups (broad SMARTS) is 1. The van der Waals surface area contributed by atoms with Gasteiger partial charge in [0.2, 0.25) is 10.9 Å². The molecule has 0 fully saturated rings. The average molecular weight is 243 g/mol. The molecule has 5 nitrogen and oxygen atoms in total. The van der Waals surface area contributed by atoms with E-state index in [4.69, 9.17) is 34.0 Å². The Labute approximate surface area is 91.5 Å². The minimum atomic E-state index is -1.82. The van der Waals surface area contributed by atoms with Crippen molar-refractivity contribution in [3.8, 4) is 0 Å². The molecule has 0 aromatic rings. The molecule has 4 N–H and O–H groups in total. The quantitative estimate of drug-likeness (QED) is 0.482. The lowest BCUT2D eigenvalue weighted by Gasteiger charge is -2.23. The van der Waals surface area contributed by atoms with Gasteiger partial charge in [0.05, 0.1) is 5.50 Å². The number of amides is 1. The number of hydrogen-bond donors (Lipinski definition) is 3. The Bertz CT molecular complexity index is 235. The molecule has 0 radical (unpaired) electrons. The normalized spacial score (nSPS) is 16.9. The first-order chi connectivity index (χ1) is 6.28. The summed E-state index contributed by atoms with van der Waals surface area (Å²) in [5, 5.41) is 10.9. The fourth-order valence-corrected chi connectivity index (χ4v) is 1.19. The van der Waals surface area contributed by atoms with Crippen molar-refractivity contribution < 1.29 is 14.7 Å². The van der Waals surface area contributed by atoms with Crippen LogP contribution in [0.2, 0.25) is 0 Å². The van der Waals surface area contributed by atoms with Crippen molar-refractivity contribution in [2.24, 2.45) is 5.73 Å². The van der Waals surface area contributed by atoms with E-state index in [-0.39, 0.29) is 12.8 Å². The lowest BCUT2D eigenvalue weighted by atomic mass is 10.1. The molecule has 14 heavy (non-hydrogen) atoms. The van der Waals surface area contributed by atoms with Crippen molar-refractivity contribution in [2.75, 3.05) is 0 Å². The third-order valence-electron chi connectivity index (χ3n) is 1.48. The third kappa shape index (κ3) is 4.64.